The number of hydrogen-bond acceptors (Lipinski definition) is 7. The molecule has 1 N–H and O–H groups in total. The number of fused-ring (bicyclic) bond motifs is 1. The van der Waals surface area contributed by atoms with Gasteiger partial charge in [0, 0.05) is 26.5 Å². The molecule has 196 valence electrons. The van der Waals surface area contributed by atoms with Gasteiger partial charge in [-0.1, -0.05) is 19.1 Å². The number of methoxy groups -OCH3 is 1. The lowest BCUT2D eigenvalue weighted by molar-refractivity contribution is -0.140. The second-order valence-electron chi connectivity index (χ2n) is 8.80. The predicted octanol–water partition coefficient (Wildman–Crippen LogP) is 4.29. The number of rotatable bonds is 11. The number of ketones is 1. The lowest BCUT2D eigenvalue weighted by atomic mass is 9.95. The van der Waals surface area contributed by atoms with Crippen LogP contribution >= 0.6 is 0 Å². The van der Waals surface area contributed by atoms with Gasteiger partial charge in [0.25, 0.3) is 11.7 Å². The summed E-state index contributed by atoms with van der Waals surface area (Å²) in [7, 11) is 1.59. The molecule has 1 saturated heterocycles. The minimum absolute atomic E-state index is 0.0147. The Kier molecular flexibility index (Phi) is 8.13. The van der Waals surface area contributed by atoms with E-state index in [0.717, 1.165) is 6.42 Å². The molecule has 0 spiro atoms. The Bertz CT molecular complexity index is 1330. The standard InChI is InChI=1S/C28H33N3O6/c1-5-15-37-20-12-11-19(17-21(20)36-6-2)25-23(27(33)28(34)31(25)14-9-16-35-4)26(32)24-18(3)29-22-10-7-8-13-30(22)24/h7-8,10-13,17,25,32H,5-6,9,14-16H2,1-4H3. The first-order valence-electron chi connectivity index (χ1n) is 12.5. The van der Waals surface area contributed by atoms with Gasteiger partial charge in [0.15, 0.2) is 17.3 Å². The highest BCUT2D eigenvalue weighted by Gasteiger charge is 2.46. The van der Waals surface area contributed by atoms with Crippen molar-refractivity contribution in [2.24, 2.45) is 0 Å². The number of carbonyl (C=O) groups excluding carboxylic acids is 2. The van der Waals surface area contributed by atoms with Crippen LogP contribution in [0.4, 0.5) is 0 Å². The number of amides is 1. The zero-order chi connectivity index (χ0) is 26.5. The van der Waals surface area contributed by atoms with Crippen LogP contribution in [0.15, 0.2) is 48.2 Å². The van der Waals surface area contributed by atoms with Crippen LogP contribution in [0.3, 0.4) is 0 Å². The second kappa shape index (κ2) is 11.5. The molecule has 1 atom stereocenters. The number of pyridine rings is 1. The van der Waals surface area contributed by atoms with E-state index >= 15 is 0 Å². The average molecular weight is 508 g/mol. The second-order valence-corrected chi connectivity index (χ2v) is 8.80. The fourth-order valence-corrected chi connectivity index (χ4v) is 4.66. The van der Waals surface area contributed by atoms with Crippen LogP contribution in [0.2, 0.25) is 0 Å². The Balaban J connectivity index is 1.89. The van der Waals surface area contributed by atoms with E-state index in [2.05, 4.69) is 4.98 Å². The number of benzene rings is 1. The lowest BCUT2D eigenvalue weighted by Crippen LogP contribution is -2.31. The topological polar surface area (TPSA) is 103 Å². The van der Waals surface area contributed by atoms with Crippen LogP contribution in [0.25, 0.3) is 11.4 Å². The molecule has 0 radical (unpaired) electrons. The quantitative estimate of drug-likeness (QED) is 0.179. The maximum Gasteiger partial charge on any atom is 0.295 e. The Morgan fingerprint density at radius 3 is 2.62 bits per heavy atom. The maximum absolute atomic E-state index is 13.4. The fraction of sp³-hybridized carbons (Fsp3) is 0.393. The predicted molar refractivity (Wildman–Crippen MR) is 139 cm³/mol. The molecule has 1 fully saturated rings. The molecule has 1 unspecified atom stereocenters. The summed E-state index contributed by atoms with van der Waals surface area (Å²) in [5.41, 5.74) is 2.20. The van der Waals surface area contributed by atoms with Gasteiger partial charge in [-0.25, -0.2) is 4.98 Å². The third-order valence-corrected chi connectivity index (χ3v) is 6.26. The summed E-state index contributed by atoms with van der Waals surface area (Å²) in [6, 6.07) is 10.0. The first-order chi connectivity index (χ1) is 17.9. The van der Waals surface area contributed by atoms with Crippen molar-refractivity contribution in [3.8, 4) is 11.5 Å². The number of carbonyl (C=O) groups is 2. The van der Waals surface area contributed by atoms with Crippen molar-refractivity contribution in [3.05, 3.63) is 65.1 Å². The summed E-state index contributed by atoms with van der Waals surface area (Å²) >= 11 is 0. The van der Waals surface area contributed by atoms with E-state index in [9.17, 15) is 14.7 Å². The zero-order valence-electron chi connectivity index (χ0n) is 21.7. The maximum atomic E-state index is 13.4. The zero-order valence-corrected chi connectivity index (χ0v) is 21.7. The smallest absolute Gasteiger partial charge is 0.295 e. The molecule has 4 rings (SSSR count). The number of hydrogen-bond donors (Lipinski definition) is 1. The highest BCUT2D eigenvalue weighted by molar-refractivity contribution is 6.46. The van der Waals surface area contributed by atoms with Crippen LogP contribution in [0, 0.1) is 6.92 Å². The molecule has 9 heteroatoms. The number of imidazole rings is 1. The van der Waals surface area contributed by atoms with Gasteiger partial charge in [0.2, 0.25) is 0 Å². The first kappa shape index (κ1) is 26.2. The third kappa shape index (κ3) is 5.04. The lowest BCUT2D eigenvalue weighted by Gasteiger charge is -2.26. The van der Waals surface area contributed by atoms with E-state index in [0.29, 0.717) is 60.3 Å². The van der Waals surface area contributed by atoms with Gasteiger partial charge in [-0.2, -0.15) is 0 Å². The van der Waals surface area contributed by atoms with E-state index in [1.165, 1.54) is 4.90 Å². The molecule has 0 bridgehead atoms. The van der Waals surface area contributed by atoms with Crippen LogP contribution in [-0.4, -0.2) is 64.6 Å². The van der Waals surface area contributed by atoms with Crippen LogP contribution in [0.5, 0.6) is 11.5 Å². The molecule has 1 aliphatic rings. The van der Waals surface area contributed by atoms with Gasteiger partial charge in [0.1, 0.15) is 11.3 Å². The molecule has 37 heavy (non-hydrogen) atoms. The van der Waals surface area contributed by atoms with Crippen molar-refractivity contribution < 1.29 is 28.9 Å². The number of aliphatic hydroxyl groups excluding tert-OH is 1. The molecular formula is C28H33N3O6. The molecule has 0 aliphatic carbocycles. The first-order valence-corrected chi connectivity index (χ1v) is 12.5. The Morgan fingerprint density at radius 1 is 1.08 bits per heavy atom. The van der Waals surface area contributed by atoms with E-state index in [4.69, 9.17) is 14.2 Å². The SMILES string of the molecule is CCCOc1ccc(C2C(=C(O)c3c(C)nc4ccccn34)C(=O)C(=O)N2CCCOC)cc1OCC. The van der Waals surface area contributed by atoms with Crippen molar-refractivity contribution in [3.63, 3.8) is 0 Å². The number of likely N-dealkylation sites (tertiary alicyclic amines) is 1. The molecule has 1 aliphatic heterocycles. The van der Waals surface area contributed by atoms with Gasteiger partial charge in [-0.05, 0) is 56.5 Å². The van der Waals surface area contributed by atoms with Crippen molar-refractivity contribution >= 4 is 23.1 Å². The molecule has 1 amide bonds. The van der Waals surface area contributed by atoms with Crippen molar-refractivity contribution in [1.82, 2.24) is 14.3 Å². The van der Waals surface area contributed by atoms with E-state index < -0.39 is 17.7 Å². The summed E-state index contributed by atoms with van der Waals surface area (Å²) in [4.78, 5) is 32.7. The van der Waals surface area contributed by atoms with Gasteiger partial charge in [0.05, 0.1) is 30.5 Å². The number of aliphatic hydroxyl groups is 1. The molecule has 3 aromatic rings. The normalized spacial score (nSPS) is 17.1. The summed E-state index contributed by atoms with van der Waals surface area (Å²) in [5.74, 6) is -0.575. The van der Waals surface area contributed by atoms with E-state index in [-0.39, 0.29) is 17.9 Å². The van der Waals surface area contributed by atoms with Crippen molar-refractivity contribution in [1.29, 1.82) is 0 Å². The summed E-state index contributed by atoms with van der Waals surface area (Å²) < 4.78 is 18.6. The number of nitrogens with zero attached hydrogens (tertiary/aromatic N) is 3. The van der Waals surface area contributed by atoms with E-state index in [1.54, 1.807) is 36.8 Å². The highest BCUT2D eigenvalue weighted by Crippen LogP contribution is 2.42. The Morgan fingerprint density at radius 2 is 1.89 bits per heavy atom. The molecule has 9 nitrogen and oxygen atoms in total. The van der Waals surface area contributed by atoms with Crippen LogP contribution in [-0.2, 0) is 14.3 Å². The Hall–Kier alpha value is -3.85. The monoisotopic (exact) mass is 507 g/mol. The highest BCUT2D eigenvalue weighted by atomic mass is 16.5. The summed E-state index contributed by atoms with van der Waals surface area (Å²) in [6.45, 7) is 7.31. The minimum atomic E-state index is -0.815. The molecular weight excluding hydrogens is 474 g/mol. The molecule has 2 aromatic heterocycles. The number of Topliss-reactive ketones (excluding diaryl/α,β-unsaturated/α-hetero) is 1. The molecule has 0 saturated carbocycles. The van der Waals surface area contributed by atoms with Crippen molar-refractivity contribution in [2.45, 2.75) is 39.7 Å². The number of ether oxygens (including phenoxy) is 3. The van der Waals surface area contributed by atoms with Crippen molar-refractivity contribution in [2.75, 3.05) is 33.5 Å². The number of aryl methyl sites for hydroxylation is 1. The average Bonchev–Trinajstić information content (AvgIpc) is 3.36. The summed E-state index contributed by atoms with van der Waals surface area (Å²) in [6.07, 6.45) is 3.14. The van der Waals surface area contributed by atoms with E-state index in [1.807, 2.05) is 38.1 Å². The van der Waals surface area contributed by atoms with Gasteiger partial charge in [-0.3, -0.25) is 14.0 Å². The van der Waals surface area contributed by atoms with Crippen LogP contribution in [0.1, 0.15) is 49.7 Å². The third-order valence-electron chi connectivity index (χ3n) is 6.26. The summed E-state index contributed by atoms with van der Waals surface area (Å²) in [5, 5.41) is 11.6. The fourth-order valence-electron chi connectivity index (χ4n) is 4.66. The largest absolute Gasteiger partial charge is 0.505 e. The van der Waals surface area contributed by atoms with Gasteiger partial charge >= 0.3 is 0 Å². The van der Waals surface area contributed by atoms with Gasteiger partial charge in [-0.15, -0.1) is 0 Å². The van der Waals surface area contributed by atoms with Crippen LogP contribution < -0.4 is 9.47 Å². The number of aromatic nitrogens is 2. The Labute approximate surface area is 216 Å². The van der Waals surface area contributed by atoms with Gasteiger partial charge < -0.3 is 24.2 Å². The minimum Gasteiger partial charge on any atom is -0.505 e. The molecule has 1 aromatic carbocycles. The molecule has 3 heterocycles.